The lowest BCUT2D eigenvalue weighted by Gasteiger charge is -2.03. The Morgan fingerprint density at radius 2 is 0.938 bits per heavy atom. The van der Waals surface area contributed by atoms with Gasteiger partial charge in [0.25, 0.3) is 0 Å². The van der Waals surface area contributed by atoms with Crippen molar-refractivity contribution in [2.24, 2.45) is 44.4 Å². The Hall–Kier alpha value is -3.92. The molecular formula is C16H32N8O8. The molecule has 16 heteroatoms. The molecule has 16 N–H and O–H groups in total. The van der Waals surface area contributed by atoms with Gasteiger partial charge >= 0.3 is 23.9 Å². The molecule has 0 rings (SSSR count). The number of aliphatic carboxylic acids is 4. The summed E-state index contributed by atoms with van der Waals surface area (Å²) in [5.41, 5.74) is 30.6. The molecular weight excluding hydrogens is 432 g/mol. The number of guanidine groups is 2. The first-order valence-corrected chi connectivity index (χ1v) is 8.92. The van der Waals surface area contributed by atoms with E-state index in [1.54, 1.807) is 0 Å². The van der Waals surface area contributed by atoms with Crippen LogP contribution >= 0.6 is 0 Å². The van der Waals surface area contributed by atoms with Crippen LogP contribution in [-0.4, -0.2) is 81.4 Å². The second kappa shape index (κ2) is 20.4. The van der Waals surface area contributed by atoms with Crippen molar-refractivity contribution >= 4 is 35.8 Å². The van der Waals surface area contributed by atoms with E-state index < -0.39 is 36.0 Å². The largest absolute Gasteiger partial charge is 0.480 e. The van der Waals surface area contributed by atoms with Gasteiger partial charge in [0, 0.05) is 25.2 Å². The molecule has 0 radical (unpaired) electrons. The van der Waals surface area contributed by atoms with Crippen molar-refractivity contribution in [3.8, 4) is 0 Å². The molecule has 0 spiro atoms. The van der Waals surface area contributed by atoms with E-state index in [1.807, 2.05) is 0 Å². The van der Waals surface area contributed by atoms with E-state index in [9.17, 15) is 19.2 Å². The molecule has 0 heterocycles. The Kier molecular flexibility index (Phi) is 20.8. The lowest BCUT2D eigenvalue weighted by atomic mass is 10.2. The number of rotatable bonds is 12. The van der Waals surface area contributed by atoms with Crippen LogP contribution in [0.15, 0.2) is 22.1 Å². The third-order valence-corrected chi connectivity index (χ3v) is 2.94. The second-order valence-corrected chi connectivity index (χ2v) is 5.80. The predicted octanol–water partition coefficient (Wildman–Crippen LogP) is -3.38. The van der Waals surface area contributed by atoms with Crippen LogP contribution in [0.5, 0.6) is 0 Å². The van der Waals surface area contributed by atoms with Gasteiger partial charge in [0.15, 0.2) is 11.9 Å². The molecule has 0 saturated heterocycles. The molecule has 0 aromatic heterocycles. The highest BCUT2D eigenvalue weighted by Crippen LogP contribution is 1.95. The van der Waals surface area contributed by atoms with Gasteiger partial charge in [-0.15, -0.1) is 0 Å². The number of hydrogen-bond acceptors (Lipinski definition) is 8. The number of carbonyl (C=O) groups is 4. The van der Waals surface area contributed by atoms with Crippen LogP contribution in [0.25, 0.3) is 0 Å². The van der Waals surface area contributed by atoms with Crippen LogP contribution in [0.4, 0.5) is 0 Å². The van der Waals surface area contributed by atoms with Crippen molar-refractivity contribution in [2.45, 2.75) is 37.8 Å². The summed E-state index contributed by atoms with van der Waals surface area (Å²) in [6.07, 6.45) is 3.03. The number of carboxylic acids is 4. The van der Waals surface area contributed by atoms with Gasteiger partial charge in [-0.1, -0.05) is 0 Å². The zero-order chi connectivity index (χ0) is 25.7. The maximum Gasteiger partial charge on any atom is 0.328 e. The van der Waals surface area contributed by atoms with E-state index >= 15 is 0 Å². The lowest BCUT2D eigenvalue weighted by Crippen LogP contribution is -2.30. The van der Waals surface area contributed by atoms with Gasteiger partial charge in [0.1, 0.15) is 12.1 Å². The van der Waals surface area contributed by atoms with E-state index in [-0.39, 0.29) is 11.9 Å². The molecule has 0 saturated carbocycles. The Bertz CT molecular complexity index is 617. The van der Waals surface area contributed by atoms with Gasteiger partial charge in [-0.25, -0.2) is 9.59 Å². The standard InChI is InChI=1S/2C6H14N4O2.C4H4O4/c2*7-4(5(11)12)2-1-3-10-6(8)9;5-3(6)1-2-4(7)8/h2*4H,1-3,7H2,(H,11,12)(H4,8,9,10);1-2H,(H,5,6)(H,7,8)/t2*4-;/m00./s1. The van der Waals surface area contributed by atoms with Crippen molar-refractivity contribution in [3.05, 3.63) is 12.2 Å². The van der Waals surface area contributed by atoms with E-state index in [0.717, 1.165) is 0 Å². The van der Waals surface area contributed by atoms with Crippen LogP contribution in [0.1, 0.15) is 25.7 Å². The average molecular weight is 464 g/mol. The molecule has 0 aromatic rings. The Balaban J connectivity index is -0.000000404. The van der Waals surface area contributed by atoms with Gasteiger partial charge in [0.05, 0.1) is 0 Å². The maximum absolute atomic E-state index is 10.2. The molecule has 0 aromatic carbocycles. The number of nitrogens with zero attached hydrogens (tertiary/aromatic N) is 2. The third kappa shape index (κ3) is 30.8. The van der Waals surface area contributed by atoms with E-state index in [4.69, 9.17) is 54.8 Å². The highest BCUT2D eigenvalue weighted by atomic mass is 16.4. The van der Waals surface area contributed by atoms with Crippen LogP contribution in [0.2, 0.25) is 0 Å². The Morgan fingerprint density at radius 3 is 1.12 bits per heavy atom. The van der Waals surface area contributed by atoms with Crippen LogP contribution in [0, 0.1) is 0 Å². The summed E-state index contributed by atoms with van der Waals surface area (Å²) in [6.45, 7) is 0.840. The molecule has 0 unspecified atom stereocenters. The Morgan fingerprint density at radius 1 is 0.656 bits per heavy atom. The summed E-state index contributed by atoms with van der Waals surface area (Å²) in [7, 11) is 0. The van der Waals surface area contributed by atoms with Gasteiger partial charge < -0.3 is 54.8 Å². The van der Waals surface area contributed by atoms with Crippen molar-refractivity contribution < 1.29 is 39.6 Å². The van der Waals surface area contributed by atoms with Crippen molar-refractivity contribution in [3.63, 3.8) is 0 Å². The minimum atomic E-state index is -1.26. The molecule has 0 amide bonds. The fourth-order valence-corrected chi connectivity index (χ4v) is 1.43. The fraction of sp³-hybridized carbons (Fsp3) is 0.500. The van der Waals surface area contributed by atoms with E-state index in [0.29, 0.717) is 50.9 Å². The third-order valence-electron chi connectivity index (χ3n) is 2.94. The molecule has 0 bridgehead atoms. The minimum Gasteiger partial charge on any atom is -0.480 e. The van der Waals surface area contributed by atoms with Crippen LogP contribution < -0.4 is 34.4 Å². The van der Waals surface area contributed by atoms with Gasteiger partial charge in [-0.3, -0.25) is 19.6 Å². The topological polar surface area (TPSA) is 330 Å². The molecule has 0 fully saturated rings. The summed E-state index contributed by atoms with van der Waals surface area (Å²) in [4.78, 5) is 46.9. The number of carboxylic acid groups (broad SMARTS) is 4. The normalized spacial score (nSPS) is 11.4. The molecule has 0 aliphatic rings. The van der Waals surface area contributed by atoms with Gasteiger partial charge in [-0.2, -0.15) is 0 Å². The lowest BCUT2D eigenvalue weighted by molar-refractivity contribution is -0.139. The van der Waals surface area contributed by atoms with Crippen molar-refractivity contribution in [2.75, 3.05) is 13.1 Å². The first-order chi connectivity index (χ1) is 14.7. The highest BCUT2D eigenvalue weighted by molar-refractivity contribution is 5.89. The fourth-order valence-electron chi connectivity index (χ4n) is 1.43. The highest BCUT2D eigenvalue weighted by Gasteiger charge is 2.10. The average Bonchev–Trinajstić information content (AvgIpc) is 2.67. The zero-order valence-corrected chi connectivity index (χ0v) is 17.3. The molecule has 0 aliphatic heterocycles. The first kappa shape index (κ1) is 32.7. The summed E-state index contributed by atoms with van der Waals surface area (Å²) in [5.74, 6) is -4.49. The zero-order valence-electron chi connectivity index (χ0n) is 17.3. The number of aliphatic imine (C=N–C) groups is 2. The first-order valence-electron chi connectivity index (χ1n) is 8.92. The van der Waals surface area contributed by atoms with Gasteiger partial charge in [-0.05, 0) is 25.7 Å². The summed E-state index contributed by atoms with van der Waals surface area (Å²) >= 11 is 0. The van der Waals surface area contributed by atoms with Crippen molar-refractivity contribution in [1.29, 1.82) is 0 Å². The Labute approximate surface area is 183 Å². The monoisotopic (exact) mass is 464 g/mol. The van der Waals surface area contributed by atoms with Crippen LogP contribution in [0.3, 0.4) is 0 Å². The minimum absolute atomic E-state index is 0.0129. The summed E-state index contributed by atoms with van der Waals surface area (Å²) < 4.78 is 0. The predicted molar refractivity (Wildman–Crippen MR) is 115 cm³/mol. The summed E-state index contributed by atoms with van der Waals surface area (Å²) in [5, 5.41) is 32.4. The quantitative estimate of drug-likeness (QED) is 0.0582. The smallest absolute Gasteiger partial charge is 0.328 e. The molecule has 2 atom stereocenters. The molecule has 32 heavy (non-hydrogen) atoms. The maximum atomic E-state index is 10.2. The second-order valence-electron chi connectivity index (χ2n) is 5.80. The summed E-state index contributed by atoms with van der Waals surface area (Å²) in [6, 6.07) is -1.64. The number of nitrogens with two attached hydrogens (primary N) is 6. The van der Waals surface area contributed by atoms with E-state index in [1.165, 1.54) is 0 Å². The van der Waals surface area contributed by atoms with Crippen molar-refractivity contribution in [1.82, 2.24) is 0 Å². The van der Waals surface area contributed by atoms with Crippen LogP contribution in [-0.2, 0) is 19.2 Å². The van der Waals surface area contributed by atoms with E-state index in [2.05, 4.69) is 9.98 Å². The molecule has 184 valence electrons. The molecule has 0 aliphatic carbocycles. The molecule has 16 nitrogen and oxygen atoms in total. The number of hydrogen-bond donors (Lipinski definition) is 10. The SMILES string of the molecule is NC(N)=NCCC[C@H](N)C(=O)O.NC(N)=NCCC[C@H](N)C(=O)O.O=C(O)C=CC(=O)O. The van der Waals surface area contributed by atoms with Gasteiger partial charge in [0.2, 0.25) is 0 Å².